The minimum atomic E-state index is 1.10. The van der Waals surface area contributed by atoms with E-state index < -0.39 is 0 Å². The molecule has 11 rings (SSSR count). The third kappa shape index (κ3) is 12.0. The second-order valence-electron chi connectivity index (χ2n) is 16.4. The molecular weight excluding hydrogens is 953 g/mol. The summed E-state index contributed by atoms with van der Waals surface area (Å²) in [6.07, 6.45) is 17.4. The van der Waals surface area contributed by atoms with Gasteiger partial charge in [-0.1, -0.05) is 267 Å². The van der Waals surface area contributed by atoms with E-state index in [1.54, 1.807) is 0 Å². The minimum Gasteiger partial charge on any atom is -0.0623 e. The van der Waals surface area contributed by atoms with Crippen LogP contribution < -0.4 is 0 Å². The van der Waals surface area contributed by atoms with Crippen LogP contribution in [0.25, 0.3) is 91.7 Å². The maximum atomic E-state index is 3.81. The van der Waals surface area contributed by atoms with E-state index >= 15 is 0 Å². The molecule has 0 aliphatic rings. The Bertz CT molecular complexity index is 3130. The normalized spacial score (nSPS) is 11.4. The molecule has 11 aromatic rings. The number of fused-ring (bicyclic) bond motifs is 4. The molecule has 2 heteroatoms. The SMILES string of the molecule is Brc1c(/C=C/c2ccc3ccccc3c2)cccc1/C=C/c1ccc2ccccc2c1.Brc1c(/C=C/c2ccc3ccccc3c2)cccc1/C=C/c1ccc2ccccc2c1.c1ccccc1. The number of hydrogen-bond acceptors (Lipinski definition) is 0. The predicted molar refractivity (Wildman–Crippen MR) is 306 cm³/mol. The topological polar surface area (TPSA) is 0 Å². The Balaban J connectivity index is 0.000000151. The molecule has 0 nitrogen and oxygen atoms in total. The third-order valence-electron chi connectivity index (χ3n) is 11.7. The first kappa shape index (κ1) is 45.5. The summed E-state index contributed by atoms with van der Waals surface area (Å²) in [5.74, 6) is 0. The zero-order valence-electron chi connectivity index (χ0n) is 37.5. The highest BCUT2D eigenvalue weighted by Crippen LogP contribution is 2.29. The molecule has 11 aromatic carbocycles. The van der Waals surface area contributed by atoms with Crippen LogP contribution in [0.15, 0.2) is 252 Å². The van der Waals surface area contributed by atoms with Crippen molar-refractivity contribution in [2.75, 3.05) is 0 Å². The fourth-order valence-electron chi connectivity index (χ4n) is 8.03. The molecule has 326 valence electrons. The van der Waals surface area contributed by atoms with Crippen molar-refractivity contribution in [3.63, 3.8) is 0 Å². The first-order chi connectivity index (χ1) is 33.5. The standard InChI is InChI=1S/2C30H21Br.C6H6/c2*31-30-26(18-14-22-12-16-24-6-1-3-8-28(24)20-22)10-5-11-27(30)19-15-23-13-17-25-7-2-4-9-29(25)21-23;1-2-4-6-5-3-1/h2*1-21H;1-6H/b2*18-14+,19-15+;. The molecule has 0 fully saturated rings. The van der Waals surface area contributed by atoms with Gasteiger partial charge in [0.15, 0.2) is 0 Å². The molecule has 0 aliphatic heterocycles. The average Bonchev–Trinajstić information content (AvgIpc) is 3.40. The van der Waals surface area contributed by atoms with E-state index in [0.29, 0.717) is 0 Å². The average molecular weight is 1000 g/mol. The van der Waals surface area contributed by atoms with Crippen molar-refractivity contribution < 1.29 is 0 Å². The van der Waals surface area contributed by atoms with Gasteiger partial charge < -0.3 is 0 Å². The van der Waals surface area contributed by atoms with Crippen LogP contribution in [0.4, 0.5) is 0 Å². The lowest BCUT2D eigenvalue weighted by Gasteiger charge is -2.04. The Morgan fingerprint density at radius 3 is 0.647 bits per heavy atom. The molecule has 0 N–H and O–H groups in total. The zero-order chi connectivity index (χ0) is 46.3. The smallest absolute Gasteiger partial charge is 0.0320 e. The van der Waals surface area contributed by atoms with Crippen molar-refractivity contribution in [1.82, 2.24) is 0 Å². The number of hydrogen-bond donors (Lipinski definition) is 0. The Labute approximate surface area is 416 Å². The highest BCUT2D eigenvalue weighted by molar-refractivity contribution is 9.11. The molecule has 0 unspecified atom stereocenters. The van der Waals surface area contributed by atoms with Gasteiger partial charge in [-0.2, -0.15) is 0 Å². The van der Waals surface area contributed by atoms with Crippen LogP contribution in [0.5, 0.6) is 0 Å². The van der Waals surface area contributed by atoms with Gasteiger partial charge in [0, 0.05) is 8.95 Å². The summed E-state index contributed by atoms with van der Waals surface area (Å²) in [5, 5.41) is 10.1. The van der Waals surface area contributed by atoms with Gasteiger partial charge in [-0.05, 0) is 144 Å². The van der Waals surface area contributed by atoms with E-state index in [4.69, 9.17) is 0 Å². The lowest BCUT2D eigenvalue weighted by Crippen LogP contribution is -1.82. The molecule has 0 saturated heterocycles. The van der Waals surface area contributed by atoms with Gasteiger partial charge in [0.2, 0.25) is 0 Å². The quantitative estimate of drug-likeness (QED) is 0.133. The van der Waals surface area contributed by atoms with E-state index in [1.807, 2.05) is 36.4 Å². The van der Waals surface area contributed by atoms with Gasteiger partial charge in [0.05, 0.1) is 0 Å². The van der Waals surface area contributed by atoms with E-state index in [9.17, 15) is 0 Å². The molecule has 68 heavy (non-hydrogen) atoms. The first-order valence-corrected chi connectivity index (χ1v) is 24.4. The van der Waals surface area contributed by atoms with Gasteiger partial charge in [-0.3, -0.25) is 0 Å². The fraction of sp³-hybridized carbons (Fsp3) is 0. The largest absolute Gasteiger partial charge is 0.0623 e. The van der Waals surface area contributed by atoms with Crippen LogP contribution >= 0.6 is 31.9 Å². The van der Waals surface area contributed by atoms with Crippen molar-refractivity contribution in [2.24, 2.45) is 0 Å². The first-order valence-electron chi connectivity index (χ1n) is 22.8. The van der Waals surface area contributed by atoms with Crippen molar-refractivity contribution >= 4 is 124 Å². The van der Waals surface area contributed by atoms with Crippen LogP contribution in [0.2, 0.25) is 0 Å². The lowest BCUT2D eigenvalue weighted by molar-refractivity contribution is 1.56. The molecule has 0 radical (unpaired) electrons. The maximum absolute atomic E-state index is 3.81. The van der Waals surface area contributed by atoms with Crippen LogP contribution in [0.3, 0.4) is 0 Å². The van der Waals surface area contributed by atoms with E-state index in [-0.39, 0.29) is 0 Å². The summed E-state index contributed by atoms with van der Waals surface area (Å²) in [7, 11) is 0. The molecule has 0 heterocycles. The Morgan fingerprint density at radius 1 is 0.191 bits per heavy atom. The summed E-state index contributed by atoms with van der Waals surface area (Å²) < 4.78 is 2.20. The van der Waals surface area contributed by atoms with Crippen molar-refractivity contribution in [3.8, 4) is 0 Å². The molecule has 0 amide bonds. The van der Waals surface area contributed by atoms with Gasteiger partial charge in [-0.15, -0.1) is 0 Å². The number of benzene rings is 11. The van der Waals surface area contributed by atoms with Crippen LogP contribution in [-0.4, -0.2) is 0 Å². The van der Waals surface area contributed by atoms with E-state index in [1.165, 1.54) is 65.3 Å². The summed E-state index contributed by atoms with van der Waals surface area (Å²) in [4.78, 5) is 0. The second-order valence-corrected chi connectivity index (χ2v) is 18.0. The molecule has 0 aromatic heterocycles. The fourth-order valence-corrected chi connectivity index (χ4v) is 9.08. The Morgan fingerprint density at radius 2 is 0.412 bits per heavy atom. The molecular formula is C66H48Br2. The van der Waals surface area contributed by atoms with Crippen LogP contribution in [0.1, 0.15) is 44.5 Å². The monoisotopic (exact) mass is 998 g/mol. The summed E-state index contributed by atoms with van der Waals surface area (Å²) in [5.41, 5.74) is 9.43. The number of rotatable bonds is 8. The predicted octanol–water partition coefficient (Wildman–Crippen LogP) is 19.9. The molecule has 0 atom stereocenters. The highest BCUT2D eigenvalue weighted by Gasteiger charge is 2.04. The third-order valence-corrected chi connectivity index (χ3v) is 13.5. The van der Waals surface area contributed by atoms with Gasteiger partial charge >= 0.3 is 0 Å². The molecule has 0 spiro atoms. The second kappa shape index (κ2) is 22.7. The van der Waals surface area contributed by atoms with Gasteiger partial charge in [0.25, 0.3) is 0 Å². The lowest BCUT2D eigenvalue weighted by atomic mass is 10.0. The molecule has 0 bridgehead atoms. The highest BCUT2D eigenvalue weighted by atomic mass is 79.9. The zero-order valence-corrected chi connectivity index (χ0v) is 40.6. The van der Waals surface area contributed by atoms with Gasteiger partial charge in [0.1, 0.15) is 0 Å². The van der Waals surface area contributed by atoms with Crippen molar-refractivity contribution in [2.45, 2.75) is 0 Å². The summed E-state index contributed by atoms with van der Waals surface area (Å²) in [6.45, 7) is 0. The number of halogens is 2. The van der Waals surface area contributed by atoms with Crippen LogP contribution in [-0.2, 0) is 0 Å². The van der Waals surface area contributed by atoms with Crippen molar-refractivity contribution in [3.05, 3.63) is 296 Å². The summed E-state index contributed by atoms with van der Waals surface area (Å²) >= 11 is 7.61. The minimum absolute atomic E-state index is 1.10. The van der Waals surface area contributed by atoms with E-state index in [2.05, 4.69) is 287 Å². The van der Waals surface area contributed by atoms with E-state index in [0.717, 1.165) is 31.2 Å². The van der Waals surface area contributed by atoms with Crippen molar-refractivity contribution in [1.29, 1.82) is 0 Å². The Kier molecular flexibility index (Phi) is 15.2. The Hall–Kier alpha value is -7.62. The molecule has 0 saturated carbocycles. The van der Waals surface area contributed by atoms with Crippen LogP contribution in [0, 0.1) is 0 Å². The van der Waals surface area contributed by atoms with Gasteiger partial charge in [-0.25, -0.2) is 0 Å². The summed E-state index contributed by atoms with van der Waals surface area (Å²) in [6, 6.07) is 84.8. The maximum Gasteiger partial charge on any atom is 0.0320 e. The molecule has 0 aliphatic carbocycles.